The molecular formula is C18H20O2S. The third-order valence-corrected chi connectivity index (χ3v) is 3.98. The predicted octanol–water partition coefficient (Wildman–Crippen LogP) is 4.76. The Morgan fingerprint density at radius 1 is 1.14 bits per heavy atom. The molecule has 0 aromatic heterocycles. The van der Waals surface area contributed by atoms with Crippen LogP contribution in [0.5, 0.6) is 5.75 Å². The summed E-state index contributed by atoms with van der Waals surface area (Å²) in [5.41, 5.74) is 1.74. The number of ether oxygens (including phenoxy) is 1. The van der Waals surface area contributed by atoms with Gasteiger partial charge in [0.25, 0.3) is 0 Å². The normalized spacial score (nSPS) is 10.7. The molecule has 0 aliphatic heterocycles. The second-order valence-electron chi connectivity index (χ2n) is 5.17. The van der Waals surface area contributed by atoms with Gasteiger partial charge < -0.3 is 4.74 Å². The van der Waals surface area contributed by atoms with Gasteiger partial charge in [-0.15, -0.1) is 11.8 Å². The van der Waals surface area contributed by atoms with Crippen LogP contribution in [0.2, 0.25) is 0 Å². The first-order valence-electron chi connectivity index (χ1n) is 7.04. The van der Waals surface area contributed by atoms with Crippen LogP contribution in [0.3, 0.4) is 0 Å². The summed E-state index contributed by atoms with van der Waals surface area (Å²) in [6.07, 6.45) is 0.138. The van der Waals surface area contributed by atoms with Crippen molar-refractivity contribution in [2.24, 2.45) is 0 Å². The molecule has 0 radical (unpaired) electrons. The Hall–Kier alpha value is -1.74. The van der Waals surface area contributed by atoms with Crippen LogP contribution in [0.1, 0.15) is 29.8 Å². The lowest BCUT2D eigenvalue weighted by atomic mass is 10.1. The molecule has 2 nitrogen and oxygen atoms in total. The maximum Gasteiger partial charge on any atom is 0.173 e. The lowest BCUT2D eigenvalue weighted by Gasteiger charge is -2.13. The number of hydrogen-bond donors (Lipinski definition) is 0. The van der Waals surface area contributed by atoms with E-state index >= 15 is 0 Å². The van der Waals surface area contributed by atoms with Gasteiger partial charge in [0.2, 0.25) is 0 Å². The molecule has 21 heavy (non-hydrogen) atoms. The summed E-state index contributed by atoms with van der Waals surface area (Å²) in [7, 11) is 0. The van der Waals surface area contributed by atoms with Crippen molar-refractivity contribution in [2.75, 3.05) is 5.75 Å². The quantitative estimate of drug-likeness (QED) is 0.568. The highest BCUT2D eigenvalue weighted by Crippen LogP contribution is 2.23. The van der Waals surface area contributed by atoms with Crippen LogP contribution in [0.15, 0.2) is 53.4 Å². The Morgan fingerprint density at radius 3 is 2.48 bits per heavy atom. The van der Waals surface area contributed by atoms with Gasteiger partial charge in [0.15, 0.2) is 5.78 Å². The van der Waals surface area contributed by atoms with Crippen molar-refractivity contribution in [3.8, 4) is 5.75 Å². The Balaban J connectivity index is 2.01. The minimum atomic E-state index is 0.138. The van der Waals surface area contributed by atoms with Crippen molar-refractivity contribution in [1.82, 2.24) is 0 Å². The van der Waals surface area contributed by atoms with E-state index in [1.54, 1.807) is 11.8 Å². The van der Waals surface area contributed by atoms with Crippen LogP contribution in [0.4, 0.5) is 0 Å². The fourth-order valence-electron chi connectivity index (χ4n) is 1.96. The molecule has 2 aromatic carbocycles. The molecule has 0 atom stereocenters. The number of hydrogen-bond acceptors (Lipinski definition) is 3. The largest absolute Gasteiger partial charge is 0.491 e. The number of ketones is 1. The van der Waals surface area contributed by atoms with Gasteiger partial charge in [-0.1, -0.05) is 18.2 Å². The SMILES string of the molecule is Cc1cc(C(=O)CSc2ccccc2)ccc1OC(C)C. The summed E-state index contributed by atoms with van der Waals surface area (Å²) >= 11 is 1.56. The van der Waals surface area contributed by atoms with Crippen LogP contribution in [-0.4, -0.2) is 17.6 Å². The third-order valence-electron chi connectivity index (χ3n) is 2.97. The fraction of sp³-hybridized carbons (Fsp3) is 0.278. The topological polar surface area (TPSA) is 26.3 Å². The molecule has 0 unspecified atom stereocenters. The molecule has 3 heteroatoms. The van der Waals surface area contributed by atoms with Crippen molar-refractivity contribution in [1.29, 1.82) is 0 Å². The minimum Gasteiger partial charge on any atom is -0.491 e. The monoisotopic (exact) mass is 300 g/mol. The highest BCUT2D eigenvalue weighted by molar-refractivity contribution is 8.00. The molecule has 2 rings (SSSR count). The highest BCUT2D eigenvalue weighted by Gasteiger charge is 2.10. The lowest BCUT2D eigenvalue weighted by Crippen LogP contribution is -2.08. The van der Waals surface area contributed by atoms with Crippen molar-refractivity contribution in [3.05, 3.63) is 59.7 Å². The van der Waals surface area contributed by atoms with Crippen molar-refractivity contribution in [3.63, 3.8) is 0 Å². The van der Waals surface area contributed by atoms with E-state index in [9.17, 15) is 4.79 Å². The summed E-state index contributed by atoms with van der Waals surface area (Å²) in [5.74, 6) is 1.44. The molecule has 0 N–H and O–H groups in total. The van der Waals surface area contributed by atoms with Crippen LogP contribution < -0.4 is 4.74 Å². The highest BCUT2D eigenvalue weighted by atomic mass is 32.2. The number of benzene rings is 2. The Kier molecular flexibility index (Phi) is 5.45. The number of Topliss-reactive ketones (excluding diaryl/α,β-unsaturated/α-hetero) is 1. The summed E-state index contributed by atoms with van der Waals surface area (Å²) in [6.45, 7) is 5.96. The zero-order valence-corrected chi connectivity index (χ0v) is 13.4. The van der Waals surface area contributed by atoms with Gasteiger partial charge in [-0.25, -0.2) is 0 Å². The summed E-state index contributed by atoms with van der Waals surface area (Å²) in [5, 5.41) is 0. The van der Waals surface area contributed by atoms with Gasteiger partial charge in [0.1, 0.15) is 5.75 Å². The molecule has 0 fully saturated rings. The van der Waals surface area contributed by atoms with E-state index in [-0.39, 0.29) is 11.9 Å². The number of carbonyl (C=O) groups is 1. The molecule has 0 amide bonds. The molecule has 110 valence electrons. The average molecular weight is 300 g/mol. The Labute approximate surface area is 130 Å². The second kappa shape index (κ2) is 7.32. The van der Waals surface area contributed by atoms with E-state index in [1.807, 2.05) is 69.3 Å². The van der Waals surface area contributed by atoms with E-state index in [0.717, 1.165) is 21.8 Å². The van der Waals surface area contributed by atoms with Crippen LogP contribution in [0, 0.1) is 6.92 Å². The molecule has 0 bridgehead atoms. The van der Waals surface area contributed by atoms with E-state index in [4.69, 9.17) is 4.74 Å². The number of thioether (sulfide) groups is 1. The van der Waals surface area contributed by atoms with Gasteiger partial charge in [0.05, 0.1) is 11.9 Å². The molecule has 0 spiro atoms. The van der Waals surface area contributed by atoms with E-state index in [1.165, 1.54) is 0 Å². The maximum absolute atomic E-state index is 12.2. The molecule has 0 aliphatic rings. The van der Waals surface area contributed by atoms with Gasteiger partial charge in [-0.2, -0.15) is 0 Å². The maximum atomic E-state index is 12.2. The first kappa shape index (κ1) is 15.6. The average Bonchev–Trinajstić information content (AvgIpc) is 2.47. The molecular weight excluding hydrogens is 280 g/mol. The third kappa shape index (κ3) is 4.64. The van der Waals surface area contributed by atoms with Crippen LogP contribution in [-0.2, 0) is 0 Å². The number of rotatable bonds is 6. The van der Waals surface area contributed by atoms with Crippen LogP contribution in [0.25, 0.3) is 0 Å². The minimum absolute atomic E-state index is 0.138. The fourth-order valence-corrected chi connectivity index (χ4v) is 2.77. The predicted molar refractivity (Wildman–Crippen MR) is 88.4 cm³/mol. The summed E-state index contributed by atoms with van der Waals surface area (Å²) in [4.78, 5) is 13.4. The van der Waals surface area contributed by atoms with Gasteiger partial charge in [-0.3, -0.25) is 4.79 Å². The van der Waals surface area contributed by atoms with Gasteiger partial charge >= 0.3 is 0 Å². The van der Waals surface area contributed by atoms with Gasteiger partial charge in [0, 0.05) is 10.5 Å². The lowest BCUT2D eigenvalue weighted by molar-refractivity contribution is 0.102. The van der Waals surface area contributed by atoms with Crippen molar-refractivity contribution in [2.45, 2.75) is 31.8 Å². The van der Waals surface area contributed by atoms with Crippen molar-refractivity contribution >= 4 is 17.5 Å². The first-order valence-corrected chi connectivity index (χ1v) is 8.03. The zero-order chi connectivity index (χ0) is 15.2. The van der Waals surface area contributed by atoms with Gasteiger partial charge in [-0.05, 0) is 56.7 Å². The summed E-state index contributed by atoms with van der Waals surface area (Å²) < 4.78 is 5.69. The molecule has 0 saturated carbocycles. The van der Waals surface area contributed by atoms with E-state index in [2.05, 4.69) is 0 Å². The van der Waals surface area contributed by atoms with E-state index in [0.29, 0.717) is 5.75 Å². The number of carbonyl (C=O) groups excluding carboxylic acids is 1. The summed E-state index contributed by atoms with van der Waals surface area (Å²) in [6, 6.07) is 15.6. The molecule has 2 aromatic rings. The first-order chi connectivity index (χ1) is 10.1. The smallest absolute Gasteiger partial charge is 0.173 e. The zero-order valence-electron chi connectivity index (χ0n) is 12.6. The molecule has 0 aliphatic carbocycles. The van der Waals surface area contributed by atoms with Crippen LogP contribution >= 0.6 is 11.8 Å². The second-order valence-corrected chi connectivity index (χ2v) is 6.22. The van der Waals surface area contributed by atoms with E-state index < -0.39 is 0 Å². The Bertz CT molecular complexity index is 606. The molecule has 0 saturated heterocycles. The standard InChI is InChI=1S/C18H20O2S/c1-13(2)20-18-10-9-15(11-14(18)3)17(19)12-21-16-7-5-4-6-8-16/h4-11,13H,12H2,1-3H3. The molecule has 0 heterocycles. The Morgan fingerprint density at radius 2 is 1.86 bits per heavy atom. The van der Waals surface area contributed by atoms with Crippen molar-refractivity contribution < 1.29 is 9.53 Å². The number of aryl methyl sites for hydroxylation is 1.